The molecule has 0 aromatic carbocycles. The Morgan fingerprint density at radius 1 is 1.40 bits per heavy atom. The Bertz CT molecular complexity index is 383. The summed E-state index contributed by atoms with van der Waals surface area (Å²) < 4.78 is 5.63. The first kappa shape index (κ1) is 15.1. The molecule has 20 heavy (non-hydrogen) atoms. The van der Waals surface area contributed by atoms with Crippen LogP contribution in [0.15, 0.2) is 0 Å². The number of ether oxygens (including phenoxy) is 1. The molecule has 2 rings (SSSR count). The van der Waals surface area contributed by atoms with Crippen molar-refractivity contribution in [1.29, 1.82) is 0 Å². The van der Waals surface area contributed by atoms with E-state index in [4.69, 9.17) is 9.84 Å². The van der Waals surface area contributed by atoms with Gasteiger partial charge in [0.15, 0.2) is 0 Å². The van der Waals surface area contributed by atoms with E-state index in [1.165, 1.54) is 0 Å². The van der Waals surface area contributed by atoms with Crippen molar-refractivity contribution in [1.82, 2.24) is 10.2 Å². The highest BCUT2D eigenvalue weighted by Crippen LogP contribution is 2.25. The van der Waals surface area contributed by atoms with Crippen molar-refractivity contribution in [2.75, 3.05) is 19.7 Å². The normalized spacial score (nSPS) is 29.2. The van der Waals surface area contributed by atoms with E-state index >= 15 is 0 Å². The molecule has 0 bridgehead atoms. The molecule has 6 heteroatoms. The first-order valence-corrected chi connectivity index (χ1v) is 7.27. The van der Waals surface area contributed by atoms with Gasteiger partial charge in [0.05, 0.1) is 5.60 Å². The number of hydrogen-bond acceptors (Lipinski definition) is 3. The molecule has 0 aromatic heterocycles. The molecule has 2 unspecified atom stereocenters. The molecule has 0 aliphatic carbocycles. The molecular weight excluding hydrogens is 260 g/mol. The summed E-state index contributed by atoms with van der Waals surface area (Å²) in [6, 6.07) is 0.0744. The molecule has 6 nitrogen and oxygen atoms in total. The average Bonchev–Trinajstić information content (AvgIpc) is 2.75. The second-order valence-corrected chi connectivity index (χ2v) is 6.45. The number of carboxylic acid groups (broad SMARTS) is 1. The minimum Gasteiger partial charge on any atom is -0.481 e. The summed E-state index contributed by atoms with van der Waals surface area (Å²) >= 11 is 0. The summed E-state index contributed by atoms with van der Waals surface area (Å²) in [7, 11) is 0. The van der Waals surface area contributed by atoms with E-state index in [9.17, 15) is 9.59 Å². The summed E-state index contributed by atoms with van der Waals surface area (Å²) in [4.78, 5) is 24.6. The average molecular weight is 284 g/mol. The highest BCUT2D eigenvalue weighted by atomic mass is 16.5. The number of nitrogens with one attached hydrogen (secondary N) is 1. The van der Waals surface area contributed by atoms with Gasteiger partial charge in [0, 0.05) is 32.2 Å². The molecule has 2 fully saturated rings. The van der Waals surface area contributed by atoms with Crippen LogP contribution in [0.1, 0.15) is 39.5 Å². The lowest BCUT2D eigenvalue weighted by Crippen LogP contribution is -2.49. The van der Waals surface area contributed by atoms with Gasteiger partial charge in [-0.1, -0.05) is 0 Å². The van der Waals surface area contributed by atoms with Gasteiger partial charge in [-0.3, -0.25) is 4.79 Å². The third-order valence-electron chi connectivity index (χ3n) is 4.06. The van der Waals surface area contributed by atoms with Gasteiger partial charge < -0.3 is 20.1 Å². The van der Waals surface area contributed by atoms with Gasteiger partial charge in [0.25, 0.3) is 0 Å². The molecule has 2 heterocycles. The van der Waals surface area contributed by atoms with Crippen molar-refractivity contribution >= 4 is 12.0 Å². The number of carbonyl (C=O) groups is 2. The quantitative estimate of drug-likeness (QED) is 0.822. The Morgan fingerprint density at radius 3 is 2.80 bits per heavy atom. The minimum absolute atomic E-state index is 0.0689. The van der Waals surface area contributed by atoms with E-state index in [-0.39, 0.29) is 30.0 Å². The molecule has 0 spiro atoms. The number of carbonyl (C=O) groups excluding carboxylic acids is 1. The van der Waals surface area contributed by atoms with Crippen LogP contribution in [0.3, 0.4) is 0 Å². The zero-order valence-electron chi connectivity index (χ0n) is 12.2. The SMILES string of the molecule is CC1(C)CC(NC(=O)N2CCC(CC(=O)O)C2)CCO1. The Balaban J connectivity index is 1.79. The number of amides is 2. The van der Waals surface area contributed by atoms with E-state index in [1.807, 2.05) is 13.8 Å². The molecule has 2 saturated heterocycles. The van der Waals surface area contributed by atoms with Crippen molar-refractivity contribution in [3.05, 3.63) is 0 Å². The minimum atomic E-state index is -0.788. The number of nitrogens with zero attached hydrogens (tertiary/aromatic N) is 1. The maximum absolute atomic E-state index is 12.2. The van der Waals surface area contributed by atoms with Crippen LogP contribution in [-0.4, -0.2) is 53.3 Å². The van der Waals surface area contributed by atoms with Crippen LogP contribution in [0.25, 0.3) is 0 Å². The van der Waals surface area contributed by atoms with Crippen LogP contribution in [0.2, 0.25) is 0 Å². The fraction of sp³-hybridized carbons (Fsp3) is 0.857. The summed E-state index contributed by atoms with van der Waals surface area (Å²) in [6.07, 6.45) is 2.57. The molecule has 2 amide bonds. The van der Waals surface area contributed by atoms with Gasteiger partial charge in [-0.15, -0.1) is 0 Å². The molecule has 0 saturated carbocycles. The Kier molecular flexibility index (Phi) is 4.52. The third-order valence-corrected chi connectivity index (χ3v) is 4.06. The monoisotopic (exact) mass is 284 g/mol. The van der Waals surface area contributed by atoms with Crippen LogP contribution in [0.5, 0.6) is 0 Å². The Hall–Kier alpha value is -1.30. The molecule has 114 valence electrons. The van der Waals surface area contributed by atoms with Crippen molar-refractivity contribution in [3.63, 3.8) is 0 Å². The molecule has 2 atom stereocenters. The highest BCUT2D eigenvalue weighted by Gasteiger charge is 2.32. The van der Waals surface area contributed by atoms with Gasteiger partial charge in [0.2, 0.25) is 0 Å². The predicted molar refractivity (Wildman–Crippen MR) is 73.5 cm³/mol. The molecule has 0 aromatic rings. The van der Waals surface area contributed by atoms with Crippen molar-refractivity contribution in [3.8, 4) is 0 Å². The summed E-state index contributed by atoms with van der Waals surface area (Å²) in [5.74, 6) is -0.701. The molecule has 2 N–H and O–H groups in total. The second-order valence-electron chi connectivity index (χ2n) is 6.45. The van der Waals surface area contributed by atoms with Gasteiger partial charge in [-0.25, -0.2) is 4.79 Å². The van der Waals surface area contributed by atoms with Crippen molar-refractivity contribution in [2.45, 2.75) is 51.2 Å². The maximum atomic E-state index is 12.2. The van der Waals surface area contributed by atoms with Gasteiger partial charge in [-0.05, 0) is 39.0 Å². The summed E-state index contributed by atoms with van der Waals surface area (Å²) in [6.45, 7) is 5.93. The lowest BCUT2D eigenvalue weighted by atomic mass is 9.94. The second kappa shape index (κ2) is 5.99. The zero-order valence-corrected chi connectivity index (χ0v) is 12.2. The van der Waals surface area contributed by atoms with Crippen LogP contribution >= 0.6 is 0 Å². The Morgan fingerprint density at radius 2 is 2.15 bits per heavy atom. The summed E-state index contributed by atoms with van der Waals surface area (Å²) in [5, 5.41) is 11.8. The third kappa shape index (κ3) is 4.10. The van der Waals surface area contributed by atoms with E-state index in [0.717, 1.165) is 19.3 Å². The molecular formula is C14H24N2O4. The highest BCUT2D eigenvalue weighted by molar-refractivity contribution is 5.75. The largest absolute Gasteiger partial charge is 0.481 e. The van der Waals surface area contributed by atoms with Crippen LogP contribution < -0.4 is 5.32 Å². The van der Waals surface area contributed by atoms with Crippen LogP contribution in [0.4, 0.5) is 4.79 Å². The van der Waals surface area contributed by atoms with E-state index in [1.54, 1.807) is 4.90 Å². The van der Waals surface area contributed by atoms with E-state index < -0.39 is 5.97 Å². The number of likely N-dealkylation sites (tertiary alicyclic amines) is 1. The number of urea groups is 1. The lowest BCUT2D eigenvalue weighted by Gasteiger charge is -2.36. The maximum Gasteiger partial charge on any atom is 0.317 e. The number of hydrogen-bond donors (Lipinski definition) is 2. The molecule has 0 radical (unpaired) electrons. The molecule has 2 aliphatic rings. The van der Waals surface area contributed by atoms with Gasteiger partial charge in [0.1, 0.15) is 0 Å². The first-order chi connectivity index (χ1) is 9.35. The predicted octanol–water partition coefficient (Wildman–Crippen LogP) is 1.45. The smallest absolute Gasteiger partial charge is 0.317 e. The van der Waals surface area contributed by atoms with Gasteiger partial charge >= 0.3 is 12.0 Å². The number of aliphatic carboxylic acids is 1. The standard InChI is InChI=1S/C14H24N2O4/c1-14(2)8-11(4-6-20-14)15-13(19)16-5-3-10(9-16)7-12(17)18/h10-11H,3-9H2,1-2H3,(H,15,19)(H,17,18). The number of rotatable bonds is 3. The van der Waals surface area contributed by atoms with Gasteiger partial charge in [-0.2, -0.15) is 0 Å². The number of carboxylic acids is 1. The van der Waals surface area contributed by atoms with E-state index in [0.29, 0.717) is 19.7 Å². The fourth-order valence-corrected chi connectivity index (χ4v) is 3.05. The first-order valence-electron chi connectivity index (χ1n) is 7.27. The summed E-state index contributed by atoms with van der Waals surface area (Å²) in [5.41, 5.74) is -0.187. The Labute approximate surface area is 119 Å². The van der Waals surface area contributed by atoms with Crippen molar-refractivity contribution in [2.24, 2.45) is 5.92 Å². The van der Waals surface area contributed by atoms with Crippen LogP contribution in [-0.2, 0) is 9.53 Å². The zero-order chi connectivity index (χ0) is 14.8. The fourth-order valence-electron chi connectivity index (χ4n) is 3.05. The van der Waals surface area contributed by atoms with Crippen LogP contribution in [0, 0.1) is 5.92 Å². The molecule has 2 aliphatic heterocycles. The van der Waals surface area contributed by atoms with Crippen molar-refractivity contribution < 1.29 is 19.4 Å². The topological polar surface area (TPSA) is 78.9 Å². The lowest BCUT2D eigenvalue weighted by molar-refractivity contribution is -0.138. The van der Waals surface area contributed by atoms with E-state index in [2.05, 4.69) is 5.32 Å².